The molecule has 1 fully saturated rings. The average Bonchev–Trinajstić information content (AvgIpc) is 2.39. The van der Waals surface area contributed by atoms with E-state index >= 15 is 0 Å². The molecule has 2 rings (SSSR count). The van der Waals surface area contributed by atoms with Crippen LogP contribution in [0, 0.1) is 0 Å². The van der Waals surface area contributed by atoms with E-state index in [1.165, 1.54) is 6.42 Å². The first-order chi connectivity index (χ1) is 8.72. The van der Waals surface area contributed by atoms with Crippen LogP contribution in [-0.2, 0) is 0 Å². The summed E-state index contributed by atoms with van der Waals surface area (Å²) < 4.78 is 0. The molecule has 5 heteroatoms. The van der Waals surface area contributed by atoms with Crippen LogP contribution in [0.2, 0.25) is 0 Å². The molecule has 2 atom stereocenters. The Hall–Kier alpha value is -1.36. The second-order valence-electron chi connectivity index (χ2n) is 4.82. The summed E-state index contributed by atoms with van der Waals surface area (Å²) in [5.41, 5.74) is 0. The van der Waals surface area contributed by atoms with Gasteiger partial charge in [0.2, 0.25) is 0 Å². The van der Waals surface area contributed by atoms with Crippen LogP contribution in [0.1, 0.15) is 32.6 Å². The van der Waals surface area contributed by atoms with Crippen molar-refractivity contribution in [1.29, 1.82) is 0 Å². The van der Waals surface area contributed by atoms with Gasteiger partial charge in [-0.3, -0.25) is 4.98 Å². The predicted octanol–water partition coefficient (Wildman–Crippen LogP) is 1.65. The van der Waals surface area contributed by atoms with E-state index in [4.69, 9.17) is 0 Å². The van der Waals surface area contributed by atoms with Gasteiger partial charge < -0.3 is 15.3 Å². The third kappa shape index (κ3) is 2.90. The molecule has 0 saturated heterocycles. The lowest BCUT2D eigenvalue weighted by atomic mass is 9.92. The average molecular weight is 250 g/mol. The minimum Gasteiger partial charge on any atom is -0.391 e. The fourth-order valence-electron chi connectivity index (χ4n) is 2.51. The molecule has 100 valence electrons. The summed E-state index contributed by atoms with van der Waals surface area (Å²) in [5.74, 6) is 1.60. The summed E-state index contributed by atoms with van der Waals surface area (Å²) in [6, 6.07) is 0.157. The van der Waals surface area contributed by atoms with Crippen LogP contribution in [-0.4, -0.2) is 40.8 Å². The first-order valence-corrected chi connectivity index (χ1v) is 6.69. The molecule has 0 bridgehead atoms. The van der Waals surface area contributed by atoms with Gasteiger partial charge in [0.25, 0.3) is 0 Å². The number of nitrogens with one attached hydrogen (secondary N) is 1. The van der Waals surface area contributed by atoms with Gasteiger partial charge in [-0.25, -0.2) is 4.98 Å². The number of anilines is 2. The molecule has 5 nitrogen and oxygen atoms in total. The zero-order chi connectivity index (χ0) is 13.0. The highest BCUT2D eigenvalue weighted by molar-refractivity contribution is 5.44. The molecule has 18 heavy (non-hydrogen) atoms. The van der Waals surface area contributed by atoms with Gasteiger partial charge in [-0.05, 0) is 19.8 Å². The largest absolute Gasteiger partial charge is 0.391 e. The number of aliphatic hydroxyl groups excluding tert-OH is 1. The normalized spacial score (nSPS) is 23.7. The van der Waals surface area contributed by atoms with E-state index < -0.39 is 0 Å². The molecule has 1 heterocycles. The minimum absolute atomic E-state index is 0.157. The van der Waals surface area contributed by atoms with Crippen molar-refractivity contribution in [2.45, 2.75) is 44.8 Å². The number of aliphatic hydroxyl groups is 1. The van der Waals surface area contributed by atoms with Gasteiger partial charge in [-0.2, -0.15) is 0 Å². The lowest BCUT2D eigenvalue weighted by Gasteiger charge is -2.35. The first-order valence-electron chi connectivity index (χ1n) is 6.69. The minimum atomic E-state index is -0.256. The monoisotopic (exact) mass is 250 g/mol. The number of aromatic nitrogens is 2. The summed E-state index contributed by atoms with van der Waals surface area (Å²) in [4.78, 5) is 10.8. The molecule has 1 aliphatic carbocycles. The van der Waals surface area contributed by atoms with E-state index in [2.05, 4.69) is 20.2 Å². The van der Waals surface area contributed by atoms with E-state index in [1.54, 1.807) is 12.4 Å². The molecule has 0 spiro atoms. The van der Waals surface area contributed by atoms with Crippen LogP contribution < -0.4 is 10.2 Å². The molecule has 2 N–H and O–H groups in total. The zero-order valence-corrected chi connectivity index (χ0v) is 11.1. The SMILES string of the molecule is CCNc1cncc(N(C)C2CCCCC2O)n1. The predicted molar refractivity (Wildman–Crippen MR) is 72.9 cm³/mol. The second-order valence-corrected chi connectivity index (χ2v) is 4.82. The highest BCUT2D eigenvalue weighted by Gasteiger charge is 2.27. The molecule has 0 amide bonds. The van der Waals surface area contributed by atoms with Gasteiger partial charge in [0.1, 0.15) is 11.6 Å². The Bertz CT molecular complexity index is 385. The highest BCUT2D eigenvalue weighted by atomic mass is 16.3. The van der Waals surface area contributed by atoms with Gasteiger partial charge >= 0.3 is 0 Å². The molecular formula is C13H22N4O. The van der Waals surface area contributed by atoms with Crippen molar-refractivity contribution < 1.29 is 5.11 Å². The summed E-state index contributed by atoms with van der Waals surface area (Å²) in [6.45, 7) is 2.86. The number of nitrogens with zero attached hydrogens (tertiary/aromatic N) is 3. The van der Waals surface area contributed by atoms with E-state index in [0.717, 1.165) is 37.4 Å². The van der Waals surface area contributed by atoms with Crippen molar-refractivity contribution in [3.8, 4) is 0 Å². The lowest BCUT2D eigenvalue weighted by Crippen LogP contribution is -2.43. The van der Waals surface area contributed by atoms with E-state index in [0.29, 0.717) is 0 Å². The lowest BCUT2D eigenvalue weighted by molar-refractivity contribution is 0.106. The summed E-state index contributed by atoms with van der Waals surface area (Å²) in [7, 11) is 1.99. The number of likely N-dealkylation sites (N-methyl/N-ethyl adjacent to an activating group) is 1. The Morgan fingerprint density at radius 3 is 2.89 bits per heavy atom. The van der Waals surface area contributed by atoms with E-state index in [1.807, 2.05) is 14.0 Å². The Morgan fingerprint density at radius 1 is 1.39 bits per heavy atom. The van der Waals surface area contributed by atoms with Gasteiger partial charge in [-0.1, -0.05) is 12.8 Å². The van der Waals surface area contributed by atoms with E-state index in [-0.39, 0.29) is 12.1 Å². The summed E-state index contributed by atoms with van der Waals surface area (Å²) >= 11 is 0. The van der Waals surface area contributed by atoms with Crippen molar-refractivity contribution in [2.75, 3.05) is 23.8 Å². The molecule has 0 aromatic carbocycles. The maximum absolute atomic E-state index is 10.1. The summed E-state index contributed by atoms with van der Waals surface area (Å²) in [6.07, 6.45) is 7.41. The Labute approximate surface area is 108 Å². The number of hydrogen-bond donors (Lipinski definition) is 2. The molecule has 0 aliphatic heterocycles. The Morgan fingerprint density at radius 2 is 2.17 bits per heavy atom. The Balaban J connectivity index is 2.11. The van der Waals surface area contributed by atoms with Crippen LogP contribution in [0.5, 0.6) is 0 Å². The van der Waals surface area contributed by atoms with Crippen LogP contribution in [0.25, 0.3) is 0 Å². The van der Waals surface area contributed by atoms with Crippen LogP contribution in [0.3, 0.4) is 0 Å². The zero-order valence-electron chi connectivity index (χ0n) is 11.1. The van der Waals surface area contributed by atoms with Crippen molar-refractivity contribution in [2.24, 2.45) is 0 Å². The van der Waals surface area contributed by atoms with Crippen LogP contribution in [0.4, 0.5) is 11.6 Å². The smallest absolute Gasteiger partial charge is 0.149 e. The molecule has 1 aromatic heterocycles. The fourth-order valence-corrected chi connectivity index (χ4v) is 2.51. The topological polar surface area (TPSA) is 61.3 Å². The van der Waals surface area contributed by atoms with Gasteiger partial charge in [-0.15, -0.1) is 0 Å². The Kier molecular flexibility index (Phi) is 4.36. The van der Waals surface area contributed by atoms with Gasteiger partial charge in [0.05, 0.1) is 24.5 Å². The molecule has 0 radical (unpaired) electrons. The van der Waals surface area contributed by atoms with Crippen molar-refractivity contribution >= 4 is 11.6 Å². The van der Waals surface area contributed by atoms with Crippen LogP contribution >= 0.6 is 0 Å². The molecular weight excluding hydrogens is 228 g/mol. The molecule has 1 saturated carbocycles. The number of hydrogen-bond acceptors (Lipinski definition) is 5. The standard InChI is InChI=1S/C13H22N4O/c1-3-15-12-8-14-9-13(16-12)17(2)10-6-4-5-7-11(10)18/h8-11,18H,3-7H2,1-2H3,(H,15,16). The van der Waals surface area contributed by atoms with Gasteiger partial charge in [0, 0.05) is 13.6 Å². The molecule has 1 aromatic rings. The summed E-state index contributed by atoms with van der Waals surface area (Å²) in [5, 5.41) is 13.2. The van der Waals surface area contributed by atoms with Crippen molar-refractivity contribution in [1.82, 2.24) is 9.97 Å². The maximum atomic E-state index is 10.1. The third-order valence-electron chi connectivity index (χ3n) is 3.53. The van der Waals surface area contributed by atoms with Crippen molar-refractivity contribution in [3.63, 3.8) is 0 Å². The third-order valence-corrected chi connectivity index (χ3v) is 3.53. The number of rotatable bonds is 4. The van der Waals surface area contributed by atoms with E-state index in [9.17, 15) is 5.11 Å². The quantitative estimate of drug-likeness (QED) is 0.851. The first kappa shape index (κ1) is 13.1. The highest BCUT2D eigenvalue weighted by Crippen LogP contribution is 2.25. The maximum Gasteiger partial charge on any atom is 0.149 e. The van der Waals surface area contributed by atoms with Gasteiger partial charge in [0.15, 0.2) is 0 Å². The second kappa shape index (κ2) is 6.00. The fraction of sp³-hybridized carbons (Fsp3) is 0.692. The molecule has 2 unspecified atom stereocenters. The molecule has 1 aliphatic rings. The van der Waals surface area contributed by atoms with Crippen molar-refractivity contribution in [3.05, 3.63) is 12.4 Å². The van der Waals surface area contributed by atoms with Crippen LogP contribution in [0.15, 0.2) is 12.4 Å².